The molecule has 1 aliphatic heterocycles. The Hall–Kier alpha value is -0.220. The quantitative estimate of drug-likeness (QED) is 0.814. The number of amides is 1. The van der Waals surface area contributed by atoms with E-state index in [1.807, 2.05) is 16.7 Å². The van der Waals surface area contributed by atoms with Crippen molar-refractivity contribution in [2.45, 2.75) is 38.1 Å². The Morgan fingerprint density at radius 2 is 2.19 bits per heavy atom. The molecule has 0 radical (unpaired) electrons. The summed E-state index contributed by atoms with van der Waals surface area (Å²) in [5.74, 6) is 2.09. The number of carbonyl (C=O) groups is 1. The summed E-state index contributed by atoms with van der Waals surface area (Å²) in [6, 6.07) is 0. The van der Waals surface area contributed by atoms with Gasteiger partial charge >= 0.3 is 0 Å². The zero-order chi connectivity index (χ0) is 11.6. The van der Waals surface area contributed by atoms with Crippen LogP contribution in [0.25, 0.3) is 0 Å². The minimum absolute atomic E-state index is 0.168. The third-order valence-electron chi connectivity index (χ3n) is 3.75. The molecule has 92 valence electrons. The van der Waals surface area contributed by atoms with Crippen molar-refractivity contribution < 1.29 is 4.79 Å². The number of carbonyl (C=O) groups excluding carboxylic acids is 1. The first-order valence-corrected chi connectivity index (χ1v) is 7.61. The van der Waals surface area contributed by atoms with Gasteiger partial charge in [-0.2, -0.15) is 11.8 Å². The van der Waals surface area contributed by atoms with Crippen LogP contribution in [0.3, 0.4) is 0 Å². The highest BCUT2D eigenvalue weighted by Gasteiger charge is 2.47. The molecule has 4 heteroatoms. The van der Waals surface area contributed by atoms with Crippen molar-refractivity contribution in [3.05, 3.63) is 0 Å². The molecule has 1 amide bonds. The van der Waals surface area contributed by atoms with Crippen LogP contribution in [0.1, 0.15) is 32.6 Å². The molecule has 1 atom stereocenters. The standard InChI is InChI=1S/C12H22N2OS/c1-10(8-16-2)7-14-9-13-12(11(14)15)5-3-4-6-12/h10,13H,3-9H2,1-2H3. The van der Waals surface area contributed by atoms with E-state index >= 15 is 0 Å². The Kier molecular flexibility index (Phi) is 3.80. The molecule has 1 N–H and O–H groups in total. The number of rotatable bonds is 4. The molecule has 1 unspecified atom stereocenters. The van der Waals surface area contributed by atoms with Gasteiger partial charge in [0.1, 0.15) is 0 Å². The van der Waals surface area contributed by atoms with Crippen molar-refractivity contribution in [3.8, 4) is 0 Å². The van der Waals surface area contributed by atoms with Crippen LogP contribution in [-0.4, -0.2) is 41.6 Å². The van der Waals surface area contributed by atoms with E-state index in [-0.39, 0.29) is 5.54 Å². The maximum absolute atomic E-state index is 12.3. The Bertz CT molecular complexity index is 264. The lowest BCUT2D eigenvalue weighted by atomic mass is 9.98. The lowest BCUT2D eigenvalue weighted by Crippen LogP contribution is -2.44. The van der Waals surface area contributed by atoms with Crippen LogP contribution in [0, 0.1) is 5.92 Å². The Labute approximate surface area is 102 Å². The van der Waals surface area contributed by atoms with Gasteiger partial charge in [0.05, 0.1) is 12.2 Å². The zero-order valence-electron chi connectivity index (χ0n) is 10.3. The van der Waals surface area contributed by atoms with Crippen molar-refractivity contribution in [2.24, 2.45) is 5.92 Å². The summed E-state index contributed by atoms with van der Waals surface area (Å²) in [7, 11) is 0. The number of thioether (sulfide) groups is 1. The molecule has 1 aliphatic carbocycles. The lowest BCUT2D eigenvalue weighted by molar-refractivity contribution is -0.132. The van der Waals surface area contributed by atoms with Crippen molar-refractivity contribution >= 4 is 17.7 Å². The number of hydrogen-bond acceptors (Lipinski definition) is 3. The van der Waals surface area contributed by atoms with E-state index in [1.54, 1.807) is 0 Å². The lowest BCUT2D eigenvalue weighted by Gasteiger charge is -2.23. The predicted octanol–water partition coefficient (Wildman–Crippen LogP) is 1.69. The van der Waals surface area contributed by atoms with E-state index in [9.17, 15) is 4.79 Å². The second kappa shape index (κ2) is 4.96. The molecule has 1 saturated carbocycles. The zero-order valence-corrected chi connectivity index (χ0v) is 11.1. The van der Waals surface area contributed by atoms with Crippen molar-refractivity contribution in [1.29, 1.82) is 0 Å². The van der Waals surface area contributed by atoms with Gasteiger partial charge in [-0.1, -0.05) is 19.8 Å². The Morgan fingerprint density at radius 3 is 2.81 bits per heavy atom. The predicted molar refractivity (Wildman–Crippen MR) is 68.5 cm³/mol. The molecule has 0 aromatic heterocycles. The highest BCUT2D eigenvalue weighted by atomic mass is 32.2. The van der Waals surface area contributed by atoms with Crippen LogP contribution in [0.2, 0.25) is 0 Å². The third kappa shape index (κ3) is 2.23. The summed E-state index contributed by atoms with van der Waals surface area (Å²) in [6.07, 6.45) is 6.61. The van der Waals surface area contributed by atoms with E-state index in [0.29, 0.717) is 11.8 Å². The minimum atomic E-state index is -0.168. The second-order valence-corrected chi connectivity index (χ2v) is 6.12. The number of nitrogens with one attached hydrogen (secondary N) is 1. The molecule has 1 heterocycles. The fourth-order valence-electron chi connectivity index (χ4n) is 2.93. The average molecular weight is 242 g/mol. The molecule has 3 nitrogen and oxygen atoms in total. The maximum Gasteiger partial charge on any atom is 0.243 e. The Balaban J connectivity index is 1.91. The molecule has 0 aromatic carbocycles. The molecule has 1 spiro atoms. The molecular weight excluding hydrogens is 220 g/mol. The molecule has 0 aromatic rings. The van der Waals surface area contributed by atoms with Crippen molar-refractivity contribution in [3.63, 3.8) is 0 Å². The van der Waals surface area contributed by atoms with Gasteiger partial charge in [0.2, 0.25) is 5.91 Å². The van der Waals surface area contributed by atoms with E-state index in [1.165, 1.54) is 12.8 Å². The van der Waals surface area contributed by atoms with E-state index < -0.39 is 0 Å². The van der Waals surface area contributed by atoms with Gasteiger partial charge in [-0.3, -0.25) is 10.1 Å². The first-order chi connectivity index (χ1) is 7.68. The van der Waals surface area contributed by atoms with Gasteiger partial charge in [0, 0.05) is 6.54 Å². The molecule has 2 rings (SSSR count). The summed E-state index contributed by atoms with van der Waals surface area (Å²) in [6.45, 7) is 3.90. The number of nitrogens with zero attached hydrogens (tertiary/aromatic N) is 1. The monoisotopic (exact) mass is 242 g/mol. The normalized spacial score (nSPS) is 25.6. The molecular formula is C12H22N2OS. The van der Waals surface area contributed by atoms with Crippen LogP contribution >= 0.6 is 11.8 Å². The summed E-state index contributed by atoms with van der Waals surface area (Å²) >= 11 is 1.86. The number of hydrogen-bond donors (Lipinski definition) is 1. The molecule has 0 bridgehead atoms. The molecule has 16 heavy (non-hydrogen) atoms. The van der Waals surface area contributed by atoms with Crippen LogP contribution < -0.4 is 5.32 Å². The summed E-state index contributed by atoms with van der Waals surface area (Å²) in [4.78, 5) is 14.3. The maximum atomic E-state index is 12.3. The summed E-state index contributed by atoms with van der Waals surface area (Å²) in [5, 5.41) is 3.45. The van der Waals surface area contributed by atoms with E-state index in [2.05, 4.69) is 18.5 Å². The van der Waals surface area contributed by atoms with Crippen molar-refractivity contribution in [1.82, 2.24) is 10.2 Å². The highest BCUT2D eigenvalue weighted by Crippen LogP contribution is 2.34. The van der Waals surface area contributed by atoms with E-state index in [4.69, 9.17) is 0 Å². The first kappa shape index (κ1) is 12.2. The smallest absolute Gasteiger partial charge is 0.243 e. The van der Waals surface area contributed by atoms with Crippen molar-refractivity contribution in [2.75, 3.05) is 25.2 Å². The average Bonchev–Trinajstić information content (AvgIpc) is 2.83. The topological polar surface area (TPSA) is 32.3 Å². The first-order valence-electron chi connectivity index (χ1n) is 6.21. The van der Waals surface area contributed by atoms with Gasteiger partial charge in [-0.05, 0) is 30.8 Å². The molecule has 2 aliphatic rings. The summed E-state index contributed by atoms with van der Waals surface area (Å²) in [5.41, 5.74) is -0.168. The largest absolute Gasteiger partial charge is 0.328 e. The van der Waals surface area contributed by atoms with Gasteiger partial charge in [0.25, 0.3) is 0 Å². The Morgan fingerprint density at radius 1 is 1.50 bits per heavy atom. The fraction of sp³-hybridized carbons (Fsp3) is 0.917. The van der Waals surface area contributed by atoms with Gasteiger partial charge in [-0.25, -0.2) is 0 Å². The summed E-state index contributed by atoms with van der Waals surface area (Å²) < 4.78 is 0. The molecule has 2 fully saturated rings. The van der Waals surface area contributed by atoms with Crippen LogP contribution in [-0.2, 0) is 4.79 Å². The second-order valence-electron chi connectivity index (χ2n) is 5.21. The van der Waals surface area contributed by atoms with Crippen LogP contribution in [0.4, 0.5) is 0 Å². The highest BCUT2D eigenvalue weighted by molar-refractivity contribution is 7.98. The van der Waals surface area contributed by atoms with E-state index in [0.717, 1.165) is 31.8 Å². The van der Waals surface area contributed by atoms with Crippen LogP contribution in [0.15, 0.2) is 0 Å². The molecule has 1 saturated heterocycles. The fourth-order valence-corrected chi connectivity index (χ4v) is 3.60. The van der Waals surface area contributed by atoms with Gasteiger partial charge < -0.3 is 4.90 Å². The van der Waals surface area contributed by atoms with Crippen LogP contribution in [0.5, 0.6) is 0 Å². The SMILES string of the molecule is CSCC(C)CN1CNC2(CCCC2)C1=O. The van der Waals surface area contributed by atoms with Gasteiger partial charge in [0.15, 0.2) is 0 Å². The third-order valence-corrected chi connectivity index (χ3v) is 4.65. The minimum Gasteiger partial charge on any atom is -0.328 e. The van der Waals surface area contributed by atoms with Gasteiger partial charge in [-0.15, -0.1) is 0 Å².